The van der Waals surface area contributed by atoms with Crippen molar-refractivity contribution < 1.29 is 14.0 Å². The Morgan fingerprint density at radius 2 is 1.76 bits per heavy atom. The lowest BCUT2D eigenvalue weighted by Gasteiger charge is -2.09. The van der Waals surface area contributed by atoms with Gasteiger partial charge in [-0.05, 0) is 42.4 Å². The summed E-state index contributed by atoms with van der Waals surface area (Å²) in [7, 11) is 0. The second kappa shape index (κ2) is 8.93. The van der Waals surface area contributed by atoms with Crippen LogP contribution in [0.3, 0.4) is 0 Å². The first-order chi connectivity index (χ1) is 13.9. The smallest absolute Gasteiger partial charge is 0.260 e. The van der Waals surface area contributed by atoms with Crippen LogP contribution in [-0.2, 0) is 6.42 Å². The molecular weight excluding hydrogens is 409 g/mol. The monoisotopic (exact) mass is 427 g/mol. The quantitative estimate of drug-likeness (QED) is 0.537. The first-order valence-electron chi connectivity index (χ1n) is 8.69. The van der Waals surface area contributed by atoms with Crippen LogP contribution in [0.4, 0.5) is 9.39 Å². The number of carbonyl (C=O) groups excluding carboxylic acids is 2. The van der Waals surface area contributed by atoms with E-state index in [0.717, 1.165) is 16.0 Å². The maximum Gasteiger partial charge on any atom is 0.260 e. The van der Waals surface area contributed by atoms with Gasteiger partial charge >= 0.3 is 0 Å². The maximum absolute atomic E-state index is 13.8. The van der Waals surface area contributed by atoms with E-state index >= 15 is 0 Å². The van der Waals surface area contributed by atoms with Crippen LogP contribution >= 0.6 is 23.6 Å². The second-order valence-electron chi connectivity index (χ2n) is 6.27. The van der Waals surface area contributed by atoms with Crippen molar-refractivity contribution in [2.45, 2.75) is 13.3 Å². The molecule has 0 saturated heterocycles. The molecule has 0 atom stereocenters. The molecule has 1 heterocycles. The highest BCUT2D eigenvalue weighted by molar-refractivity contribution is 7.80. The van der Waals surface area contributed by atoms with Crippen molar-refractivity contribution in [3.63, 3.8) is 0 Å². The molecule has 0 saturated carbocycles. The summed E-state index contributed by atoms with van der Waals surface area (Å²) in [6, 6.07) is 15.4. The number of carbonyl (C=O) groups is 2. The molecular formula is C21H18FN3O2S2. The van der Waals surface area contributed by atoms with Crippen molar-refractivity contribution in [1.29, 1.82) is 0 Å². The Morgan fingerprint density at radius 1 is 1.10 bits per heavy atom. The van der Waals surface area contributed by atoms with Crippen molar-refractivity contribution >= 4 is 45.5 Å². The summed E-state index contributed by atoms with van der Waals surface area (Å²) in [5.41, 5.74) is 7.61. The molecule has 2 amide bonds. The zero-order chi connectivity index (χ0) is 21.0. The Labute approximate surface area is 176 Å². The van der Waals surface area contributed by atoms with Gasteiger partial charge in [-0.2, -0.15) is 0 Å². The number of rotatable bonds is 5. The highest BCUT2D eigenvalue weighted by Gasteiger charge is 2.21. The van der Waals surface area contributed by atoms with E-state index in [1.165, 1.54) is 29.5 Å². The third-order valence-corrected chi connectivity index (χ3v) is 5.68. The molecule has 3 aromatic rings. The molecule has 0 bridgehead atoms. The summed E-state index contributed by atoms with van der Waals surface area (Å²) >= 11 is 6.51. The van der Waals surface area contributed by atoms with E-state index in [1.54, 1.807) is 6.07 Å². The van der Waals surface area contributed by atoms with Gasteiger partial charge in [0.2, 0.25) is 0 Å². The largest absolute Gasteiger partial charge is 0.365 e. The molecule has 148 valence electrons. The fraction of sp³-hybridized carbons (Fsp3) is 0.0952. The summed E-state index contributed by atoms with van der Waals surface area (Å²) in [5.74, 6) is -1.93. The van der Waals surface area contributed by atoms with Crippen molar-refractivity contribution in [3.8, 4) is 0 Å². The normalized spacial score (nSPS) is 10.4. The summed E-state index contributed by atoms with van der Waals surface area (Å²) in [5, 5.41) is 5.68. The number of nitrogens with two attached hydrogens (primary N) is 1. The van der Waals surface area contributed by atoms with E-state index in [4.69, 9.17) is 18.0 Å². The van der Waals surface area contributed by atoms with Gasteiger partial charge in [-0.15, -0.1) is 11.3 Å². The number of halogens is 1. The molecule has 0 unspecified atom stereocenters. The van der Waals surface area contributed by atoms with Gasteiger partial charge in [-0.1, -0.05) is 42.5 Å². The number of thiocarbonyl (C=S) groups is 1. The number of hydrogen-bond donors (Lipinski definition) is 3. The number of nitrogens with one attached hydrogen (secondary N) is 2. The number of anilines is 1. The fourth-order valence-electron chi connectivity index (χ4n) is 2.85. The zero-order valence-electron chi connectivity index (χ0n) is 15.5. The maximum atomic E-state index is 13.8. The minimum absolute atomic E-state index is 0.0479. The van der Waals surface area contributed by atoms with Gasteiger partial charge in [0.25, 0.3) is 11.8 Å². The van der Waals surface area contributed by atoms with Crippen molar-refractivity contribution in [2.24, 2.45) is 5.73 Å². The van der Waals surface area contributed by atoms with Crippen LogP contribution in [0, 0.1) is 12.7 Å². The number of primary amides is 1. The van der Waals surface area contributed by atoms with Crippen LogP contribution in [0.15, 0.2) is 54.6 Å². The van der Waals surface area contributed by atoms with Crippen molar-refractivity contribution in [2.75, 3.05) is 5.32 Å². The molecule has 5 nitrogen and oxygen atoms in total. The minimum atomic E-state index is -0.681. The van der Waals surface area contributed by atoms with Gasteiger partial charge in [0.05, 0.1) is 11.1 Å². The molecule has 3 rings (SSSR count). The first-order valence-corrected chi connectivity index (χ1v) is 9.92. The lowest BCUT2D eigenvalue weighted by molar-refractivity contribution is 0.0971. The first kappa shape index (κ1) is 20.6. The number of amides is 2. The van der Waals surface area contributed by atoms with Gasteiger partial charge in [-0.3, -0.25) is 14.9 Å². The molecule has 0 radical (unpaired) electrons. The summed E-state index contributed by atoms with van der Waals surface area (Å²) in [6.07, 6.45) is 0.633. The van der Waals surface area contributed by atoms with E-state index in [9.17, 15) is 14.0 Å². The predicted octanol–water partition coefficient (Wildman–Crippen LogP) is 4.01. The molecule has 0 aliphatic heterocycles. The molecule has 0 spiro atoms. The van der Waals surface area contributed by atoms with E-state index in [-0.39, 0.29) is 10.7 Å². The minimum Gasteiger partial charge on any atom is -0.365 e. The lowest BCUT2D eigenvalue weighted by atomic mass is 10.1. The Bertz CT molecular complexity index is 1080. The Balaban J connectivity index is 1.80. The Hall–Kier alpha value is -3.10. The Kier molecular flexibility index (Phi) is 6.36. The van der Waals surface area contributed by atoms with Crippen LogP contribution in [0.2, 0.25) is 0 Å². The van der Waals surface area contributed by atoms with Crippen LogP contribution in [0.5, 0.6) is 0 Å². The second-order valence-corrected chi connectivity index (χ2v) is 7.78. The molecule has 2 aromatic carbocycles. The van der Waals surface area contributed by atoms with Gasteiger partial charge in [0.15, 0.2) is 5.11 Å². The van der Waals surface area contributed by atoms with E-state index < -0.39 is 17.6 Å². The fourth-order valence-corrected chi connectivity index (χ4v) is 4.35. The molecule has 0 aliphatic carbocycles. The molecule has 0 fully saturated rings. The molecule has 29 heavy (non-hydrogen) atoms. The molecule has 8 heteroatoms. The molecule has 1 aromatic heterocycles. The van der Waals surface area contributed by atoms with Crippen molar-refractivity contribution in [1.82, 2.24) is 5.32 Å². The van der Waals surface area contributed by atoms with E-state index in [2.05, 4.69) is 10.6 Å². The van der Waals surface area contributed by atoms with Crippen LogP contribution in [0.25, 0.3) is 0 Å². The lowest BCUT2D eigenvalue weighted by Crippen LogP contribution is -2.34. The molecule has 0 aliphatic rings. The topological polar surface area (TPSA) is 84.2 Å². The summed E-state index contributed by atoms with van der Waals surface area (Å²) in [6.45, 7) is 1.82. The number of thiophene rings is 1. The van der Waals surface area contributed by atoms with Gasteiger partial charge < -0.3 is 11.1 Å². The van der Waals surface area contributed by atoms with Crippen molar-refractivity contribution in [3.05, 3.63) is 87.5 Å². The summed E-state index contributed by atoms with van der Waals surface area (Å²) < 4.78 is 13.8. The van der Waals surface area contributed by atoms with E-state index in [1.807, 2.05) is 37.3 Å². The highest BCUT2D eigenvalue weighted by atomic mass is 32.1. The van der Waals surface area contributed by atoms with Crippen LogP contribution in [0.1, 0.15) is 36.7 Å². The van der Waals surface area contributed by atoms with Gasteiger partial charge in [0.1, 0.15) is 10.8 Å². The molecule has 4 N–H and O–H groups in total. The predicted molar refractivity (Wildman–Crippen MR) is 117 cm³/mol. The number of benzene rings is 2. The van der Waals surface area contributed by atoms with Gasteiger partial charge in [0, 0.05) is 11.3 Å². The third-order valence-electron chi connectivity index (χ3n) is 4.27. The Morgan fingerprint density at radius 3 is 2.41 bits per heavy atom. The van der Waals surface area contributed by atoms with E-state index in [0.29, 0.717) is 17.0 Å². The van der Waals surface area contributed by atoms with Crippen LogP contribution < -0.4 is 16.4 Å². The van der Waals surface area contributed by atoms with Crippen LogP contribution in [-0.4, -0.2) is 16.9 Å². The number of hydrogen-bond acceptors (Lipinski definition) is 4. The standard InChI is InChI=1S/C21H18FN3O2S2/c1-12-16(11-13-7-3-2-4-8-13)29-20(17(12)18(23)26)25-21(28)24-19(27)14-9-5-6-10-15(14)22/h2-10H,11H2,1H3,(H2,23,26)(H2,24,25,27,28). The zero-order valence-corrected chi connectivity index (χ0v) is 17.1. The third kappa shape index (κ3) is 4.85. The average Bonchev–Trinajstić information content (AvgIpc) is 2.97. The SMILES string of the molecule is Cc1c(Cc2ccccc2)sc(NC(=S)NC(=O)c2ccccc2F)c1C(N)=O. The highest BCUT2D eigenvalue weighted by Crippen LogP contribution is 2.34. The average molecular weight is 428 g/mol. The summed E-state index contributed by atoms with van der Waals surface area (Å²) in [4.78, 5) is 25.2. The van der Waals surface area contributed by atoms with Gasteiger partial charge in [-0.25, -0.2) is 4.39 Å².